The summed E-state index contributed by atoms with van der Waals surface area (Å²) in [5.74, 6) is 0.709. The molecule has 0 spiro atoms. The molecule has 0 saturated carbocycles. The molecule has 1 aliphatic heterocycles. The Kier molecular flexibility index (Phi) is 3.00. The first-order valence-electron chi connectivity index (χ1n) is 7.05. The first-order chi connectivity index (χ1) is 10.3. The van der Waals surface area contributed by atoms with Crippen LogP contribution in [0.5, 0.6) is 0 Å². The van der Waals surface area contributed by atoms with Crippen molar-refractivity contribution in [2.45, 2.75) is 12.8 Å². The first-order valence-corrected chi connectivity index (χ1v) is 7.43. The number of rotatable bonds is 2. The van der Waals surface area contributed by atoms with Gasteiger partial charge in [-0.15, -0.1) is 10.2 Å². The van der Waals surface area contributed by atoms with Gasteiger partial charge >= 0.3 is 0 Å². The van der Waals surface area contributed by atoms with Gasteiger partial charge in [0, 0.05) is 24.7 Å². The molecule has 1 aliphatic rings. The number of hydrogen-bond donors (Lipinski definition) is 0. The van der Waals surface area contributed by atoms with Gasteiger partial charge in [0.25, 0.3) is 0 Å². The van der Waals surface area contributed by atoms with Gasteiger partial charge in [-0.05, 0) is 12.8 Å². The second kappa shape index (κ2) is 5.00. The molecule has 3 aromatic rings. The minimum atomic E-state index is 0.501. The fourth-order valence-electron chi connectivity index (χ4n) is 2.75. The number of nitrogens with zero attached hydrogens (tertiary/aromatic N) is 5. The quantitative estimate of drug-likeness (QED) is 0.729. The summed E-state index contributed by atoms with van der Waals surface area (Å²) in [6.07, 6.45) is 2.40. The topological polar surface area (TPSA) is 46.3 Å². The standard InChI is InChI=1S/C15H14ClN5/c16-14-12(20-8-4-5-9-20)10-13-17-18-15(21(13)19-14)11-6-2-1-3-7-11/h1-3,6-7,10H,4-5,8-9H2. The van der Waals surface area contributed by atoms with Gasteiger partial charge in [-0.25, -0.2) is 0 Å². The first kappa shape index (κ1) is 12.6. The largest absolute Gasteiger partial charge is 0.369 e. The molecule has 4 rings (SSSR count). The molecule has 5 nitrogen and oxygen atoms in total. The Morgan fingerprint density at radius 2 is 1.76 bits per heavy atom. The molecule has 0 bridgehead atoms. The van der Waals surface area contributed by atoms with E-state index in [1.165, 1.54) is 12.8 Å². The van der Waals surface area contributed by atoms with E-state index in [2.05, 4.69) is 20.2 Å². The fraction of sp³-hybridized carbons (Fsp3) is 0.267. The molecule has 1 saturated heterocycles. The summed E-state index contributed by atoms with van der Waals surface area (Å²) in [5, 5.41) is 13.5. The van der Waals surface area contributed by atoms with E-state index in [0.29, 0.717) is 11.0 Å². The van der Waals surface area contributed by atoms with Gasteiger partial charge in [0.15, 0.2) is 16.6 Å². The molecule has 0 amide bonds. The van der Waals surface area contributed by atoms with Crippen molar-refractivity contribution in [1.82, 2.24) is 19.8 Å². The van der Waals surface area contributed by atoms with Crippen LogP contribution in [-0.2, 0) is 0 Å². The Morgan fingerprint density at radius 1 is 1.00 bits per heavy atom. The lowest BCUT2D eigenvalue weighted by Gasteiger charge is -2.18. The van der Waals surface area contributed by atoms with Crippen LogP contribution < -0.4 is 4.90 Å². The molecule has 21 heavy (non-hydrogen) atoms. The minimum Gasteiger partial charge on any atom is -0.369 e. The van der Waals surface area contributed by atoms with Gasteiger partial charge < -0.3 is 4.90 Å². The van der Waals surface area contributed by atoms with Crippen molar-refractivity contribution >= 4 is 22.9 Å². The molecule has 1 aromatic carbocycles. The predicted molar refractivity (Wildman–Crippen MR) is 82.7 cm³/mol. The second-order valence-electron chi connectivity index (χ2n) is 5.17. The van der Waals surface area contributed by atoms with E-state index in [9.17, 15) is 0 Å². The van der Waals surface area contributed by atoms with Crippen LogP contribution in [0.3, 0.4) is 0 Å². The van der Waals surface area contributed by atoms with Crippen LogP contribution in [-0.4, -0.2) is 32.9 Å². The summed E-state index contributed by atoms with van der Waals surface area (Å²) in [6, 6.07) is 11.9. The average Bonchev–Trinajstić information content (AvgIpc) is 3.16. The van der Waals surface area contributed by atoms with Gasteiger partial charge in [-0.2, -0.15) is 9.61 Å². The van der Waals surface area contributed by atoms with Crippen LogP contribution in [0, 0.1) is 0 Å². The van der Waals surface area contributed by atoms with E-state index in [1.807, 2.05) is 36.4 Å². The van der Waals surface area contributed by atoms with Gasteiger partial charge in [-0.1, -0.05) is 41.9 Å². The van der Waals surface area contributed by atoms with Gasteiger partial charge in [0.2, 0.25) is 0 Å². The third-order valence-electron chi connectivity index (χ3n) is 3.81. The van der Waals surface area contributed by atoms with Crippen molar-refractivity contribution in [2.75, 3.05) is 18.0 Å². The molecule has 6 heteroatoms. The highest BCUT2D eigenvalue weighted by Gasteiger charge is 2.19. The summed E-state index contributed by atoms with van der Waals surface area (Å²) < 4.78 is 1.71. The third kappa shape index (κ3) is 2.14. The van der Waals surface area contributed by atoms with Crippen LogP contribution in [0.15, 0.2) is 36.4 Å². The number of halogens is 1. The van der Waals surface area contributed by atoms with Crippen LogP contribution in [0.4, 0.5) is 5.69 Å². The Balaban J connectivity index is 1.84. The maximum absolute atomic E-state index is 6.37. The third-order valence-corrected chi connectivity index (χ3v) is 4.08. The monoisotopic (exact) mass is 299 g/mol. The Labute approximate surface area is 127 Å². The van der Waals surface area contributed by atoms with E-state index >= 15 is 0 Å². The maximum Gasteiger partial charge on any atom is 0.185 e. The van der Waals surface area contributed by atoms with Crippen LogP contribution in [0.1, 0.15) is 12.8 Å². The van der Waals surface area contributed by atoms with Crippen LogP contribution in [0.25, 0.3) is 17.0 Å². The number of fused-ring (bicyclic) bond motifs is 1. The van der Waals surface area contributed by atoms with Crippen molar-refractivity contribution in [3.63, 3.8) is 0 Å². The summed E-state index contributed by atoms with van der Waals surface area (Å²) in [6.45, 7) is 2.05. The Morgan fingerprint density at radius 3 is 2.52 bits per heavy atom. The average molecular weight is 300 g/mol. The Bertz CT molecular complexity index is 777. The molecule has 0 aliphatic carbocycles. The van der Waals surface area contributed by atoms with Crippen molar-refractivity contribution in [2.24, 2.45) is 0 Å². The lowest BCUT2D eigenvalue weighted by molar-refractivity contribution is 0.904. The summed E-state index contributed by atoms with van der Waals surface area (Å²) in [5.41, 5.74) is 2.65. The van der Waals surface area contributed by atoms with Crippen molar-refractivity contribution in [3.8, 4) is 11.4 Å². The fourth-order valence-corrected chi connectivity index (χ4v) is 3.00. The SMILES string of the molecule is Clc1nn2c(-c3ccccc3)nnc2cc1N1CCCC1. The van der Waals surface area contributed by atoms with Gasteiger partial charge in [0.1, 0.15) is 0 Å². The number of benzene rings is 1. The van der Waals surface area contributed by atoms with E-state index in [1.54, 1.807) is 4.52 Å². The highest BCUT2D eigenvalue weighted by Crippen LogP contribution is 2.29. The lowest BCUT2D eigenvalue weighted by atomic mass is 10.2. The number of hydrogen-bond acceptors (Lipinski definition) is 4. The van der Waals surface area contributed by atoms with E-state index in [-0.39, 0.29) is 0 Å². The molecule has 2 aromatic heterocycles. The van der Waals surface area contributed by atoms with Crippen molar-refractivity contribution in [1.29, 1.82) is 0 Å². The van der Waals surface area contributed by atoms with Crippen LogP contribution >= 0.6 is 11.6 Å². The smallest absolute Gasteiger partial charge is 0.185 e. The zero-order valence-electron chi connectivity index (χ0n) is 11.4. The van der Waals surface area contributed by atoms with Gasteiger partial charge in [-0.3, -0.25) is 0 Å². The molecule has 0 atom stereocenters. The molecule has 106 valence electrons. The molecule has 0 N–H and O–H groups in total. The maximum atomic E-state index is 6.37. The van der Waals surface area contributed by atoms with Crippen molar-refractivity contribution in [3.05, 3.63) is 41.6 Å². The lowest BCUT2D eigenvalue weighted by Crippen LogP contribution is -2.19. The number of anilines is 1. The summed E-state index contributed by atoms with van der Waals surface area (Å²) in [4.78, 5) is 2.26. The number of aromatic nitrogens is 4. The molecule has 3 heterocycles. The molecule has 1 fully saturated rings. The van der Waals surface area contributed by atoms with Crippen LogP contribution in [0.2, 0.25) is 5.15 Å². The summed E-state index contributed by atoms with van der Waals surface area (Å²) in [7, 11) is 0. The van der Waals surface area contributed by atoms with E-state index < -0.39 is 0 Å². The van der Waals surface area contributed by atoms with E-state index in [4.69, 9.17) is 11.6 Å². The van der Waals surface area contributed by atoms with E-state index in [0.717, 1.165) is 30.0 Å². The second-order valence-corrected chi connectivity index (χ2v) is 5.53. The Hall–Kier alpha value is -2.14. The predicted octanol–water partition coefficient (Wildman–Crippen LogP) is 3.04. The zero-order valence-corrected chi connectivity index (χ0v) is 12.2. The molecule has 0 unspecified atom stereocenters. The molecular formula is C15H14ClN5. The summed E-state index contributed by atoms with van der Waals surface area (Å²) >= 11 is 6.37. The molecule has 0 radical (unpaired) electrons. The molecular weight excluding hydrogens is 286 g/mol. The normalized spacial score (nSPS) is 15.0. The van der Waals surface area contributed by atoms with Gasteiger partial charge in [0.05, 0.1) is 5.69 Å². The highest BCUT2D eigenvalue weighted by molar-refractivity contribution is 6.32. The minimum absolute atomic E-state index is 0.501. The highest BCUT2D eigenvalue weighted by atomic mass is 35.5. The zero-order chi connectivity index (χ0) is 14.2. The van der Waals surface area contributed by atoms with Crippen molar-refractivity contribution < 1.29 is 0 Å².